The van der Waals surface area contributed by atoms with Crippen LogP contribution < -0.4 is 10.6 Å². The predicted octanol–water partition coefficient (Wildman–Crippen LogP) is 0.262. The van der Waals surface area contributed by atoms with Gasteiger partial charge in [-0.25, -0.2) is 8.42 Å². The minimum absolute atomic E-state index is 0.00296. The monoisotopic (exact) mass is 271 g/mol. The van der Waals surface area contributed by atoms with Crippen molar-refractivity contribution in [2.75, 3.05) is 30.5 Å². The lowest BCUT2D eigenvalue weighted by atomic mass is 10.1. The molecule has 18 heavy (non-hydrogen) atoms. The van der Waals surface area contributed by atoms with Crippen LogP contribution in [0.15, 0.2) is 29.4 Å². The molecule has 0 aliphatic rings. The second-order valence-corrected chi connectivity index (χ2v) is 6.31. The van der Waals surface area contributed by atoms with Gasteiger partial charge >= 0.3 is 0 Å². The molecule has 0 fully saturated rings. The predicted molar refractivity (Wildman–Crippen MR) is 71.9 cm³/mol. The average molecular weight is 271 g/mol. The number of nitrogens with two attached hydrogens (primary N) is 1. The van der Waals surface area contributed by atoms with Crippen LogP contribution >= 0.6 is 0 Å². The Bertz CT molecular complexity index is 540. The van der Waals surface area contributed by atoms with Crippen LogP contribution in [0.5, 0.6) is 0 Å². The fourth-order valence-corrected chi connectivity index (χ4v) is 2.11. The van der Waals surface area contributed by atoms with Gasteiger partial charge in [-0.1, -0.05) is 17.3 Å². The number of hydrogen-bond acceptors (Lipinski definition) is 5. The summed E-state index contributed by atoms with van der Waals surface area (Å²) < 4.78 is 22.3. The molecular formula is C11H17N3O3S. The third-order valence-corrected chi connectivity index (χ3v) is 3.42. The maximum absolute atomic E-state index is 11.1. The first-order valence-corrected chi connectivity index (χ1v) is 7.37. The van der Waals surface area contributed by atoms with Crippen molar-refractivity contribution in [3.63, 3.8) is 0 Å². The fraction of sp³-hybridized carbons (Fsp3) is 0.364. The molecule has 1 rings (SSSR count). The van der Waals surface area contributed by atoms with E-state index in [1.165, 1.54) is 6.26 Å². The summed E-state index contributed by atoms with van der Waals surface area (Å²) >= 11 is 0. The normalized spacial score (nSPS) is 12.4. The van der Waals surface area contributed by atoms with E-state index in [0.717, 1.165) is 5.69 Å². The molecule has 7 heteroatoms. The lowest BCUT2D eigenvalue weighted by Gasteiger charge is -2.21. The molecule has 3 N–H and O–H groups in total. The zero-order valence-electron chi connectivity index (χ0n) is 10.4. The van der Waals surface area contributed by atoms with E-state index >= 15 is 0 Å². The van der Waals surface area contributed by atoms with E-state index in [1.807, 2.05) is 0 Å². The van der Waals surface area contributed by atoms with Gasteiger partial charge in [0.2, 0.25) is 0 Å². The molecular weight excluding hydrogens is 254 g/mol. The van der Waals surface area contributed by atoms with E-state index in [2.05, 4.69) is 5.16 Å². The Morgan fingerprint density at radius 1 is 1.44 bits per heavy atom. The first-order chi connectivity index (χ1) is 8.35. The third-order valence-electron chi connectivity index (χ3n) is 2.50. The molecule has 100 valence electrons. The van der Waals surface area contributed by atoms with Crippen molar-refractivity contribution in [2.45, 2.75) is 0 Å². The molecule has 0 spiro atoms. The van der Waals surface area contributed by atoms with E-state index < -0.39 is 9.84 Å². The Balaban J connectivity index is 2.95. The van der Waals surface area contributed by atoms with E-state index in [-0.39, 0.29) is 11.6 Å². The molecule has 0 aliphatic carbocycles. The largest absolute Gasteiger partial charge is 0.409 e. The van der Waals surface area contributed by atoms with E-state index in [4.69, 9.17) is 10.9 Å². The molecule has 0 heterocycles. The molecule has 1 aromatic rings. The van der Waals surface area contributed by atoms with E-state index in [1.54, 1.807) is 36.2 Å². The molecule has 0 aliphatic heterocycles. The Kier molecular flexibility index (Phi) is 4.55. The number of anilines is 1. The molecule has 0 amide bonds. The molecule has 0 radical (unpaired) electrons. The summed E-state index contributed by atoms with van der Waals surface area (Å²) in [5.74, 6) is 0.0467. The highest BCUT2D eigenvalue weighted by molar-refractivity contribution is 7.90. The van der Waals surface area contributed by atoms with Gasteiger partial charge in [-0.3, -0.25) is 0 Å². The molecule has 0 atom stereocenters. The van der Waals surface area contributed by atoms with Crippen LogP contribution in [0.3, 0.4) is 0 Å². The Hall–Kier alpha value is -1.76. The topological polar surface area (TPSA) is 96.0 Å². The average Bonchev–Trinajstić information content (AvgIpc) is 2.34. The summed E-state index contributed by atoms with van der Waals surface area (Å²) in [6, 6.07) is 7.07. The Labute approximate surface area is 107 Å². The highest BCUT2D eigenvalue weighted by atomic mass is 32.2. The van der Waals surface area contributed by atoms with Gasteiger partial charge in [0.1, 0.15) is 9.84 Å². The van der Waals surface area contributed by atoms with Crippen molar-refractivity contribution >= 4 is 21.4 Å². The van der Waals surface area contributed by atoms with Gasteiger partial charge in [-0.05, 0) is 12.1 Å². The molecule has 0 bridgehead atoms. The van der Waals surface area contributed by atoms with Crippen molar-refractivity contribution in [2.24, 2.45) is 10.9 Å². The number of oxime groups is 1. The molecule has 0 saturated heterocycles. The second kappa shape index (κ2) is 5.72. The second-order valence-electron chi connectivity index (χ2n) is 4.05. The number of nitrogens with zero attached hydrogens (tertiary/aromatic N) is 2. The highest BCUT2D eigenvalue weighted by Crippen LogP contribution is 2.18. The van der Waals surface area contributed by atoms with Crippen molar-refractivity contribution in [1.29, 1.82) is 0 Å². The summed E-state index contributed by atoms with van der Waals surface area (Å²) in [5.41, 5.74) is 6.85. The van der Waals surface area contributed by atoms with Gasteiger partial charge in [0.05, 0.1) is 5.75 Å². The number of sulfone groups is 1. The van der Waals surface area contributed by atoms with E-state index in [0.29, 0.717) is 12.1 Å². The lowest BCUT2D eigenvalue weighted by Crippen LogP contribution is -2.27. The van der Waals surface area contributed by atoms with Gasteiger partial charge in [-0.2, -0.15) is 0 Å². The summed E-state index contributed by atoms with van der Waals surface area (Å²) in [7, 11) is -1.26. The summed E-state index contributed by atoms with van der Waals surface area (Å²) in [6.07, 6.45) is 1.19. The number of hydrogen-bond donors (Lipinski definition) is 2. The number of para-hydroxylation sites is 1. The van der Waals surface area contributed by atoms with Crippen LogP contribution in [0.25, 0.3) is 0 Å². The van der Waals surface area contributed by atoms with Crippen LogP contribution in [0.4, 0.5) is 5.69 Å². The summed E-state index contributed by atoms with van der Waals surface area (Å²) in [4.78, 5) is 1.76. The summed E-state index contributed by atoms with van der Waals surface area (Å²) in [5, 5.41) is 11.7. The number of benzene rings is 1. The zero-order valence-corrected chi connectivity index (χ0v) is 11.2. The van der Waals surface area contributed by atoms with Crippen LogP contribution in [-0.4, -0.2) is 45.1 Å². The molecule has 0 unspecified atom stereocenters. The standard InChI is InChI=1S/C11H17N3O3S/c1-14(7-8-18(2,16)17)10-6-4-3-5-9(10)11(12)13-15/h3-6,15H,7-8H2,1-2H3,(H2,12,13). The third kappa shape index (κ3) is 3.92. The maximum Gasteiger partial charge on any atom is 0.172 e. The van der Waals surface area contributed by atoms with Gasteiger partial charge in [0.25, 0.3) is 0 Å². The lowest BCUT2D eigenvalue weighted by molar-refractivity contribution is 0.318. The number of rotatable bonds is 5. The van der Waals surface area contributed by atoms with Gasteiger partial charge in [0.15, 0.2) is 5.84 Å². The SMILES string of the molecule is CN(CCS(C)(=O)=O)c1ccccc1C(N)=NO. The van der Waals surface area contributed by atoms with Crippen molar-refractivity contribution in [1.82, 2.24) is 0 Å². The minimum Gasteiger partial charge on any atom is -0.409 e. The highest BCUT2D eigenvalue weighted by Gasteiger charge is 2.12. The molecule has 1 aromatic carbocycles. The smallest absolute Gasteiger partial charge is 0.172 e. The van der Waals surface area contributed by atoms with Gasteiger partial charge in [-0.15, -0.1) is 0 Å². The van der Waals surface area contributed by atoms with Gasteiger partial charge in [0, 0.05) is 31.1 Å². The van der Waals surface area contributed by atoms with Crippen molar-refractivity contribution < 1.29 is 13.6 Å². The first kappa shape index (κ1) is 14.3. The quantitative estimate of drug-likeness (QED) is 0.347. The molecule has 0 aromatic heterocycles. The van der Waals surface area contributed by atoms with Crippen LogP contribution in [0, 0.1) is 0 Å². The maximum atomic E-state index is 11.1. The van der Waals surface area contributed by atoms with Crippen LogP contribution in [-0.2, 0) is 9.84 Å². The van der Waals surface area contributed by atoms with Crippen molar-refractivity contribution in [3.05, 3.63) is 29.8 Å². The summed E-state index contributed by atoms with van der Waals surface area (Å²) in [6.45, 7) is 0.342. The van der Waals surface area contributed by atoms with E-state index in [9.17, 15) is 8.42 Å². The van der Waals surface area contributed by atoms with Gasteiger partial charge < -0.3 is 15.8 Å². The van der Waals surface area contributed by atoms with Crippen LogP contribution in [0.2, 0.25) is 0 Å². The van der Waals surface area contributed by atoms with Crippen LogP contribution in [0.1, 0.15) is 5.56 Å². The first-order valence-electron chi connectivity index (χ1n) is 5.31. The fourth-order valence-electron chi connectivity index (χ4n) is 1.50. The zero-order chi connectivity index (χ0) is 13.8. The number of amidine groups is 1. The Morgan fingerprint density at radius 3 is 2.61 bits per heavy atom. The molecule has 6 nitrogen and oxygen atoms in total. The molecule has 0 saturated carbocycles. The Morgan fingerprint density at radius 2 is 2.06 bits per heavy atom. The minimum atomic E-state index is -3.02. The van der Waals surface area contributed by atoms with Crippen molar-refractivity contribution in [3.8, 4) is 0 Å².